The Hall–Kier alpha value is -1.16. The molecule has 0 aliphatic heterocycles. The molecular weight excluding hydrogens is 212 g/mol. The second kappa shape index (κ2) is 5.07. The van der Waals surface area contributed by atoms with Gasteiger partial charge in [-0.15, -0.1) is 0 Å². The number of carbonyl (C=O) groups is 1. The monoisotopic (exact) mass is 226 g/mol. The summed E-state index contributed by atoms with van der Waals surface area (Å²) in [5.74, 6) is -0.980. The Labute approximate surface area is 91.6 Å². The highest BCUT2D eigenvalue weighted by Gasteiger charge is 2.08. The van der Waals surface area contributed by atoms with E-state index in [2.05, 4.69) is 0 Å². The third-order valence-corrected chi connectivity index (χ3v) is 3.31. The summed E-state index contributed by atoms with van der Waals surface area (Å²) in [5.41, 5.74) is 3.12. The summed E-state index contributed by atoms with van der Waals surface area (Å²) in [6.45, 7) is 3.90. The molecule has 0 radical (unpaired) electrons. The maximum atomic E-state index is 11.4. The normalized spacial score (nSPS) is 12.4. The van der Waals surface area contributed by atoms with Crippen LogP contribution in [0.1, 0.15) is 16.7 Å². The van der Waals surface area contributed by atoms with Crippen LogP contribution in [0.2, 0.25) is 0 Å². The molecule has 0 aromatic heterocycles. The van der Waals surface area contributed by atoms with Crippen molar-refractivity contribution in [1.82, 2.24) is 0 Å². The number of rotatable bonds is 4. The minimum absolute atomic E-state index is 0.284. The van der Waals surface area contributed by atoms with Gasteiger partial charge in [-0.1, -0.05) is 23.8 Å². The van der Waals surface area contributed by atoms with Crippen LogP contribution in [0.4, 0.5) is 0 Å². The first-order chi connectivity index (χ1) is 6.99. The van der Waals surface area contributed by atoms with Crippen molar-refractivity contribution in [1.29, 1.82) is 0 Å². The minimum atomic E-state index is -1.32. The molecule has 0 fully saturated rings. The zero-order valence-corrected chi connectivity index (χ0v) is 9.63. The lowest BCUT2D eigenvalue weighted by molar-refractivity contribution is -0.133. The largest absolute Gasteiger partial charge is 0.481 e. The Balaban J connectivity index is 2.76. The van der Waals surface area contributed by atoms with Crippen LogP contribution in [0.3, 0.4) is 0 Å². The highest BCUT2D eigenvalue weighted by molar-refractivity contribution is 7.84. The lowest BCUT2D eigenvalue weighted by Gasteiger charge is -2.05. The zero-order valence-electron chi connectivity index (χ0n) is 8.82. The number of aryl methyl sites for hydroxylation is 2. The van der Waals surface area contributed by atoms with Crippen molar-refractivity contribution in [2.24, 2.45) is 0 Å². The lowest BCUT2D eigenvalue weighted by atomic mass is 10.1. The maximum Gasteiger partial charge on any atom is 0.316 e. The van der Waals surface area contributed by atoms with Crippen LogP contribution < -0.4 is 0 Å². The van der Waals surface area contributed by atoms with E-state index in [1.165, 1.54) is 0 Å². The molecule has 0 saturated heterocycles. The Morgan fingerprint density at radius 3 is 2.67 bits per heavy atom. The van der Waals surface area contributed by atoms with Gasteiger partial charge in [-0.2, -0.15) is 0 Å². The highest BCUT2D eigenvalue weighted by atomic mass is 32.2. The Morgan fingerprint density at radius 2 is 2.07 bits per heavy atom. The second-order valence-electron chi connectivity index (χ2n) is 3.55. The van der Waals surface area contributed by atoms with Crippen molar-refractivity contribution in [2.45, 2.75) is 19.6 Å². The highest BCUT2D eigenvalue weighted by Crippen LogP contribution is 2.12. The molecule has 1 atom stereocenters. The van der Waals surface area contributed by atoms with Crippen LogP contribution in [-0.4, -0.2) is 21.0 Å². The third kappa shape index (κ3) is 3.83. The van der Waals surface area contributed by atoms with Gasteiger partial charge in [-0.05, 0) is 25.0 Å². The van der Waals surface area contributed by atoms with E-state index in [0.717, 1.165) is 16.7 Å². The first kappa shape index (κ1) is 11.9. The van der Waals surface area contributed by atoms with Crippen molar-refractivity contribution < 1.29 is 14.1 Å². The van der Waals surface area contributed by atoms with Gasteiger partial charge in [0.25, 0.3) is 0 Å². The van der Waals surface area contributed by atoms with Crippen molar-refractivity contribution >= 4 is 16.8 Å². The summed E-state index contributed by atoms with van der Waals surface area (Å²) >= 11 is 0. The fraction of sp³-hybridized carbons (Fsp3) is 0.364. The van der Waals surface area contributed by atoms with Crippen molar-refractivity contribution in [2.75, 3.05) is 5.75 Å². The van der Waals surface area contributed by atoms with Gasteiger partial charge in [0.2, 0.25) is 0 Å². The Kier molecular flexibility index (Phi) is 4.03. The molecule has 0 aliphatic carbocycles. The maximum absolute atomic E-state index is 11.4. The van der Waals surface area contributed by atoms with Crippen molar-refractivity contribution in [3.8, 4) is 0 Å². The quantitative estimate of drug-likeness (QED) is 0.849. The molecule has 0 heterocycles. The fourth-order valence-electron chi connectivity index (χ4n) is 1.32. The predicted octanol–water partition coefficient (Wildman–Crippen LogP) is 1.64. The molecule has 1 aromatic carbocycles. The number of aliphatic carboxylic acids is 1. The van der Waals surface area contributed by atoms with Crippen LogP contribution >= 0.6 is 0 Å². The Morgan fingerprint density at radius 1 is 1.40 bits per heavy atom. The molecule has 4 heteroatoms. The molecule has 82 valence electrons. The van der Waals surface area contributed by atoms with E-state index >= 15 is 0 Å². The van der Waals surface area contributed by atoms with Gasteiger partial charge in [0, 0.05) is 16.6 Å². The molecule has 3 nitrogen and oxygen atoms in total. The summed E-state index contributed by atoms with van der Waals surface area (Å²) in [7, 11) is -1.32. The van der Waals surface area contributed by atoms with E-state index in [0.29, 0.717) is 5.75 Å². The van der Waals surface area contributed by atoms with E-state index in [9.17, 15) is 9.00 Å². The van der Waals surface area contributed by atoms with E-state index in [1.54, 1.807) is 0 Å². The number of hydrogen-bond acceptors (Lipinski definition) is 2. The zero-order chi connectivity index (χ0) is 11.4. The van der Waals surface area contributed by atoms with Gasteiger partial charge in [-0.25, -0.2) is 0 Å². The van der Waals surface area contributed by atoms with Crippen molar-refractivity contribution in [3.63, 3.8) is 0 Å². The van der Waals surface area contributed by atoms with Crippen LogP contribution in [0.5, 0.6) is 0 Å². The van der Waals surface area contributed by atoms with Gasteiger partial charge >= 0.3 is 5.97 Å². The first-order valence-corrected chi connectivity index (χ1v) is 6.10. The summed E-state index contributed by atoms with van der Waals surface area (Å²) in [6, 6.07) is 5.90. The molecule has 0 amide bonds. The molecule has 1 N–H and O–H groups in total. The third-order valence-electron chi connectivity index (χ3n) is 2.11. The predicted molar refractivity (Wildman–Crippen MR) is 60.3 cm³/mol. The number of hydrogen-bond donors (Lipinski definition) is 1. The van der Waals surface area contributed by atoms with Gasteiger partial charge < -0.3 is 5.11 Å². The van der Waals surface area contributed by atoms with E-state index < -0.39 is 16.8 Å². The van der Waals surface area contributed by atoms with Crippen LogP contribution in [0, 0.1) is 13.8 Å². The summed E-state index contributed by atoms with van der Waals surface area (Å²) in [5, 5.41) is 8.49. The van der Waals surface area contributed by atoms with E-state index in [-0.39, 0.29) is 5.75 Å². The van der Waals surface area contributed by atoms with Gasteiger partial charge in [-0.3, -0.25) is 9.00 Å². The standard InChI is InChI=1S/C11H14O3S/c1-8-3-4-9(2)10(5-8)6-15(14)7-11(12)13/h3-5H,6-7H2,1-2H3,(H,12,13)/t15-/m1/s1. The first-order valence-electron chi connectivity index (χ1n) is 4.62. The molecule has 0 saturated carbocycles. The average Bonchev–Trinajstić information content (AvgIpc) is 2.10. The van der Waals surface area contributed by atoms with E-state index in [4.69, 9.17) is 5.11 Å². The van der Waals surface area contributed by atoms with Crippen molar-refractivity contribution in [3.05, 3.63) is 34.9 Å². The number of carboxylic acid groups (broad SMARTS) is 1. The topological polar surface area (TPSA) is 54.4 Å². The van der Waals surface area contributed by atoms with Crippen LogP contribution in [0.15, 0.2) is 18.2 Å². The molecule has 0 spiro atoms. The number of carboxylic acids is 1. The van der Waals surface area contributed by atoms with Gasteiger partial charge in [0.05, 0.1) is 0 Å². The summed E-state index contributed by atoms with van der Waals surface area (Å²) in [4.78, 5) is 10.4. The molecule has 0 unspecified atom stereocenters. The molecular formula is C11H14O3S. The van der Waals surface area contributed by atoms with E-state index in [1.807, 2.05) is 32.0 Å². The minimum Gasteiger partial charge on any atom is -0.481 e. The molecule has 0 bridgehead atoms. The molecule has 0 aliphatic rings. The summed E-state index contributed by atoms with van der Waals surface area (Å²) in [6.07, 6.45) is 0. The molecule has 1 rings (SSSR count). The smallest absolute Gasteiger partial charge is 0.316 e. The lowest BCUT2D eigenvalue weighted by Crippen LogP contribution is -2.11. The van der Waals surface area contributed by atoms with Gasteiger partial charge in [0.1, 0.15) is 5.75 Å². The van der Waals surface area contributed by atoms with Gasteiger partial charge in [0.15, 0.2) is 0 Å². The van der Waals surface area contributed by atoms with Crippen LogP contribution in [0.25, 0.3) is 0 Å². The second-order valence-corrected chi connectivity index (χ2v) is 5.01. The summed E-state index contributed by atoms with van der Waals surface area (Å²) < 4.78 is 11.4. The Bertz CT molecular complexity index is 399. The SMILES string of the molecule is Cc1ccc(C)c(C[S@@](=O)CC(=O)O)c1. The average molecular weight is 226 g/mol. The molecule has 1 aromatic rings. The fourth-order valence-corrected chi connectivity index (χ4v) is 2.35. The molecule has 15 heavy (non-hydrogen) atoms. The van der Waals surface area contributed by atoms with Crippen LogP contribution in [-0.2, 0) is 21.3 Å². The number of benzene rings is 1.